The summed E-state index contributed by atoms with van der Waals surface area (Å²) in [6.07, 6.45) is 2.57. The molecule has 0 atom stereocenters. The number of nitrogens with one attached hydrogen (secondary N) is 1. The number of hydrogen-bond donors (Lipinski definition) is 2. The predicted octanol–water partition coefficient (Wildman–Crippen LogP) is 1.85. The highest BCUT2D eigenvalue weighted by Gasteiger charge is 2.14. The molecule has 0 saturated heterocycles. The van der Waals surface area contributed by atoms with Crippen LogP contribution in [0, 0.1) is 0 Å². The molecule has 0 aliphatic carbocycles. The van der Waals surface area contributed by atoms with Crippen molar-refractivity contribution in [2.24, 2.45) is 5.73 Å². The molecule has 6 nitrogen and oxygen atoms in total. The molecule has 0 fully saturated rings. The molecule has 3 N–H and O–H groups in total. The molecule has 0 radical (unpaired) electrons. The molecule has 1 aromatic carbocycles. The quantitative estimate of drug-likeness (QED) is 0.538. The Bertz CT molecular complexity index is 451. The summed E-state index contributed by atoms with van der Waals surface area (Å²) in [6, 6.07) is 9.68. The SMILES string of the molecule is COC(=O)NCN(Cc1ccccc1)C(=O)CCCCCN. The van der Waals surface area contributed by atoms with E-state index in [1.165, 1.54) is 7.11 Å². The largest absolute Gasteiger partial charge is 0.453 e. The van der Waals surface area contributed by atoms with Crippen molar-refractivity contribution in [3.8, 4) is 0 Å². The number of unbranched alkanes of at least 4 members (excludes halogenated alkanes) is 2. The Morgan fingerprint density at radius 3 is 2.55 bits per heavy atom. The van der Waals surface area contributed by atoms with Crippen molar-refractivity contribution >= 4 is 12.0 Å². The highest BCUT2D eigenvalue weighted by atomic mass is 16.5. The molecule has 0 aliphatic heterocycles. The van der Waals surface area contributed by atoms with Crippen LogP contribution in [0.3, 0.4) is 0 Å². The highest BCUT2D eigenvalue weighted by molar-refractivity contribution is 5.76. The standard InChI is InChI=1S/C16H25N3O3/c1-22-16(21)18-13-19(12-14-8-4-2-5-9-14)15(20)10-6-3-7-11-17/h2,4-5,8-9H,3,6-7,10-13,17H2,1H3,(H,18,21). The second-order valence-corrected chi connectivity index (χ2v) is 5.00. The summed E-state index contributed by atoms with van der Waals surface area (Å²) in [5.41, 5.74) is 6.46. The molecule has 0 aromatic heterocycles. The van der Waals surface area contributed by atoms with Crippen molar-refractivity contribution in [1.82, 2.24) is 10.2 Å². The number of hydrogen-bond acceptors (Lipinski definition) is 4. The molecule has 122 valence electrons. The summed E-state index contributed by atoms with van der Waals surface area (Å²) in [7, 11) is 1.30. The van der Waals surface area contributed by atoms with E-state index < -0.39 is 6.09 Å². The first-order chi connectivity index (χ1) is 10.7. The van der Waals surface area contributed by atoms with Crippen molar-refractivity contribution in [3.63, 3.8) is 0 Å². The average molecular weight is 307 g/mol. The van der Waals surface area contributed by atoms with Crippen molar-refractivity contribution in [1.29, 1.82) is 0 Å². The van der Waals surface area contributed by atoms with Gasteiger partial charge in [-0.2, -0.15) is 0 Å². The molecule has 2 amide bonds. The molecule has 1 rings (SSSR count). The zero-order valence-corrected chi connectivity index (χ0v) is 13.1. The third-order valence-corrected chi connectivity index (χ3v) is 3.26. The van der Waals surface area contributed by atoms with Crippen LogP contribution in [-0.4, -0.2) is 37.2 Å². The minimum Gasteiger partial charge on any atom is -0.453 e. The molecule has 0 unspecified atom stereocenters. The Morgan fingerprint density at radius 1 is 1.18 bits per heavy atom. The van der Waals surface area contributed by atoms with Gasteiger partial charge in [0.05, 0.1) is 13.8 Å². The van der Waals surface area contributed by atoms with Gasteiger partial charge in [0.25, 0.3) is 0 Å². The molecule has 22 heavy (non-hydrogen) atoms. The highest BCUT2D eigenvalue weighted by Crippen LogP contribution is 2.08. The third-order valence-electron chi connectivity index (χ3n) is 3.26. The maximum absolute atomic E-state index is 12.3. The fourth-order valence-corrected chi connectivity index (χ4v) is 2.02. The van der Waals surface area contributed by atoms with Crippen molar-refractivity contribution < 1.29 is 14.3 Å². The zero-order valence-electron chi connectivity index (χ0n) is 13.1. The molecular weight excluding hydrogens is 282 g/mol. The smallest absolute Gasteiger partial charge is 0.408 e. The average Bonchev–Trinajstić information content (AvgIpc) is 2.55. The fraction of sp³-hybridized carbons (Fsp3) is 0.500. The number of ether oxygens (including phenoxy) is 1. The lowest BCUT2D eigenvalue weighted by Gasteiger charge is -2.23. The number of benzene rings is 1. The number of methoxy groups -OCH3 is 1. The minimum absolute atomic E-state index is 0.0114. The fourth-order valence-electron chi connectivity index (χ4n) is 2.02. The van der Waals surface area contributed by atoms with Crippen LogP contribution in [0.15, 0.2) is 30.3 Å². The van der Waals surface area contributed by atoms with E-state index in [4.69, 9.17) is 5.73 Å². The van der Waals surface area contributed by atoms with E-state index in [0.717, 1.165) is 24.8 Å². The van der Waals surface area contributed by atoms with Gasteiger partial charge in [0.15, 0.2) is 0 Å². The Balaban J connectivity index is 2.56. The van der Waals surface area contributed by atoms with Crippen LogP contribution in [0.2, 0.25) is 0 Å². The first kappa shape index (κ1) is 18.0. The lowest BCUT2D eigenvalue weighted by molar-refractivity contribution is -0.132. The van der Waals surface area contributed by atoms with E-state index >= 15 is 0 Å². The van der Waals surface area contributed by atoms with Crippen LogP contribution in [0.5, 0.6) is 0 Å². The molecular formula is C16H25N3O3. The van der Waals surface area contributed by atoms with Gasteiger partial charge in [-0.3, -0.25) is 4.79 Å². The summed E-state index contributed by atoms with van der Waals surface area (Å²) < 4.78 is 4.54. The second kappa shape index (κ2) is 10.6. The van der Waals surface area contributed by atoms with Gasteiger partial charge in [-0.1, -0.05) is 36.8 Å². The number of carbonyl (C=O) groups is 2. The number of amides is 2. The van der Waals surface area contributed by atoms with E-state index in [1.54, 1.807) is 4.90 Å². The number of carbonyl (C=O) groups excluding carboxylic acids is 2. The number of nitrogens with zero attached hydrogens (tertiary/aromatic N) is 1. The second-order valence-electron chi connectivity index (χ2n) is 5.00. The monoisotopic (exact) mass is 307 g/mol. The molecule has 0 heterocycles. The maximum Gasteiger partial charge on any atom is 0.408 e. The van der Waals surface area contributed by atoms with Gasteiger partial charge in [-0.15, -0.1) is 0 Å². The molecule has 0 saturated carbocycles. The van der Waals surface area contributed by atoms with Gasteiger partial charge in [0.2, 0.25) is 5.91 Å². The lowest BCUT2D eigenvalue weighted by atomic mass is 10.1. The first-order valence-corrected chi connectivity index (χ1v) is 7.51. The summed E-state index contributed by atoms with van der Waals surface area (Å²) in [6.45, 7) is 1.24. The van der Waals surface area contributed by atoms with Crippen LogP contribution >= 0.6 is 0 Å². The van der Waals surface area contributed by atoms with Gasteiger partial charge in [0.1, 0.15) is 0 Å². The third kappa shape index (κ3) is 7.08. The van der Waals surface area contributed by atoms with Gasteiger partial charge >= 0.3 is 6.09 Å². The Kier molecular flexibility index (Phi) is 8.67. The number of alkyl carbamates (subject to hydrolysis) is 1. The van der Waals surface area contributed by atoms with Crippen LogP contribution in [-0.2, 0) is 16.1 Å². The molecule has 0 spiro atoms. The van der Waals surface area contributed by atoms with Gasteiger partial charge in [0, 0.05) is 13.0 Å². The maximum atomic E-state index is 12.3. The normalized spacial score (nSPS) is 10.1. The van der Waals surface area contributed by atoms with Crippen LogP contribution in [0.1, 0.15) is 31.2 Å². The topological polar surface area (TPSA) is 84.7 Å². The summed E-state index contributed by atoms with van der Waals surface area (Å²) in [5.74, 6) is 0.0114. The van der Waals surface area contributed by atoms with Gasteiger partial charge in [-0.05, 0) is 24.9 Å². The summed E-state index contributed by atoms with van der Waals surface area (Å²) in [4.78, 5) is 25.1. The molecule has 0 bridgehead atoms. The van der Waals surface area contributed by atoms with Crippen LogP contribution < -0.4 is 11.1 Å². The van der Waals surface area contributed by atoms with Gasteiger partial charge < -0.3 is 20.7 Å². The molecule has 0 aliphatic rings. The van der Waals surface area contributed by atoms with Crippen molar-refractivity contribution in [2.75, 3.05) is 20.3 Å². The zero-order chi connectivity index (χ0) is 16.2. The lowest BCUT2D eigenvalue weighted by Crippen LogP contribution is -2.40. The Hall–Kier alpha value is -2.08. The first-order valence-electron chi connectivity index (χ1n) is 7.51. The van der Waals surface area contributed by atoms with Crippen molar-refractivity contribution in [2.45, 2.75) is 32.2 Å². The van der Waals surface area contributed by atoms with Crippen LogP contribution in [0.25, 0.3) is 0 Å². The Labute approximate surface area is 131 Å². The summed E-state index contributed by atoms with van der Waals surface area (Å²) in [5, 5.41) is 2.56. The molecule has 1 aromatic rings. The van der Waals surface area contributed by atoms with E-state index in [9.17, 15) is 9.59 Å². The molecule has 6 heteroatoms. The van der Waals surface area contributed by atoms with E-state index in [2.05, 4.69) is 10.1 Å². The van der Waals surface area contributed by atoms with E-state index in [1.807, 2.05) is 30.3 Å². The van der Waals surface area contributed by atoms with Crippen LogP contribution in [0.4, 0.5) is 4.79 Å². The van der Waals surface area contributed by atoms with Gasteiger partial charge in [-0.25, -0.2) is 4.79 Å². The van der Waals surface area contributed by atoms with E-state index in [0.29, 0.717) is 19.5 Å². The number of nitrogens with two attached hydrogens (primary N) is 1. The number of rotatable bonds is 9. The van der Waals surface area contributed by atoms with E-state index in [-0.39, 0.29) is 12.6 Å². The summed E-state index contributed by atoms with van der Waals surface area (Å²) >= 11 is 0. The minimum atomic E-state index is -0.547. The predicted molar refractivity (Wildman–Crippen MR) is 84.9 cm³/mol. The van der Waals surface area contributed by atoms with Crippen molar-refractivity contribution in [3.05, 3.63) is 35.9 Å². The Morgan fingerprint density at radius 2 is 1.91 bits per heavy atom.